The van der Waals surface area contributed by atoms with Gasteiger partial charge in [0, 0.05) is 13.2 Å². The topological polar surface area (TPSA) is 38.7 Å². The molecule has 0 saturated carbocycles. The monoisotopic (exact) mass is 474 g/mol. The van der Waals surface area contributed by atoms with E-state index in [1.165, 1.54) is 12.8 Å². The third-order valence-corrected chi connectivity index (χ3v) is 17.2. The summed E-state index contributed by atoms with van der Waals surface area (Å²) in [5.41, 5.74) is -0.130. The minimum Gasteiger partial charge on any atom is -0.417 e. The van der Waals surface area contributed by atoms with Crippen LogP contribution in [0.1, 0.15) is 101 Å². The molecule has 0 aromatic heterocycles. The maximum atomic E-state index is 10.1. The van der Waals surface area contributed by atoms with Crippen molar-refractivity contribution in [3.8, 4) is 0 Å². The number of hydrogen-bond donors (Lipinski definition) is 1. The molecule has 31 heavy (non-hydrogen) atoms. The molecule has 188 valence electrons. The van der Waals surface area contributed by atoms with E-state index in [2.05, 4.69) is 95.4 Å². The zero-order chi connectivity index (χ0) is 24.9. The van der Waals surface area contributed by atoms with Crippen molar-refractivity contribution in [2.24, 2.45) is 11.3 Å². The second-order valence-corrected chi connectivity index (χ2v) is 23.7. The highest BCUT2D eigenvalue weighted by Crippen LogP contribution is 2.41. The van der Waals surface area contributed by atoms with Gasteiger partial charge >= 0.3 is 0 Å². The van der Waals surface area contributed by atoms with E-state index in [4.69, 9.17) is 8.85 Å². The smallest absolute Gasteiger partial charge is 0.192 e. The van der Waals surface area contributed by atoms with E-state index in [1.54, 1.807) is 0 Å². The van der Waals surface area contributed by atoms with E-state index in [-0.39, 0.29) is 27.7 Å². The first-order valence-corrected chi connectivity index (χ1v) is 18.3. The van der Waals surface area contributed by atoms with Gasteiger partial charge in [0.1, 0.15) is 0 Å². The lowest BCUT2D eigenvalue weighted by Crippen LogP contribution is -2.47. The molecule has 0 amide bonds. The number of hydrogen-bond acceptors (Lipinski definition) is 3. The van der Waals surface area contributed by atoms with Crippen LogP contribution in [-0.2, 0) is 8.85 Å². The molecule has 0 aromatic carbocycles. The van der Waals surface area contributed by atoms with Crippen LogP contribution in [0.4, 0.5) is 0 Å². The van der Waals surface area contributed by atoms with E-state index in [1.807, 2.05) is 0 Å². The van der Waals surface area contributed by atoms with Crippen LogP contribution in [0, 0.1) is 11.3 Å². The van der Waals surface area contributed by atoms with E-state index in [0.717, 1.165) is 25.9 Å². The summed E-state index contributed by atoms with van der Waals surface area (Å²) in [4.78, 5) is 0. The first kappa shape index (κ1) is 31.3. The zero-order valence-electron chi connectivity index (χ0n) is 23.8. The molecule has 5 heteroatoms. The van der Waals surface area contributed by atoms with Crippen LogP contribution in [0.3, 0.4) is 0 Å². The molecule has 0 saturated heterocycles. The first-order chi connectivity index (χ1) is 13.6. The Morgan fingerprint density at radius 1 is 0.774 bits per heavy atom. The van der Waals surface area contributed by atoms with E-state index >= 15 is 0 Å². The molecule has 2 atom stereocenters. The summed E-state index contributed by atoms with van der Waals surface area (Å²) in [7, 11) is -3.47. The van der Waals surface area contributed by atoms with Crippen molar-refractivity contribution in [1.29, 1.82) is 0 Å². The summed E-state index contributed by atoms with van der Waals surface area (Å²) in [5.74, 6) is 0.591. The first-order valence-electron chi connectivity index (χ1n) is 12.5. The van der Waals surface area contributed by atoms with Gasteiger partial charge in [0.25, 0.3) is 0 Å². The summed E-state index contributed by atoms with van der Waals surface area (Å²) in [6.45, 7) is 33.1. The molecule has 0 rings (SSSR count). The van der Waals surface area contributed by atoms with Crippen LogP contribution in [0.2, 0.25) is 36.3 Å². The fraction of sp³-hybridized carbons (Fsp3) is 1.00. The fourth-order valence-electron chi connectivity index (χ4n) is 3.73. The molecule has 0 aliphatic heterocycles. The Labute approximate surface area is 198 Å². The summed E-state index contributed by atoms with van der Waals surface area (Å²) >= 11 is 0. The molecule has 3 nitrogen and oxygen atoms in total. The normalized spacial score (nSPS) is 17.5. The highest BCUT2D eigenvalue weighted by Gasteiger charge is 2.41. The van der Waals surface area contributed by atoms with Crippen molar-refractivity contribution in [2.45, 2.75) is 143 Å². The maximum absolute atomic E-state index is 10.1. The Morgan fingerprint density at radius 3 is 1.68 bits per heavy atom. The molecule has 0 spiro atoms. The lowest BCUT2D eigenvalue weighted by atomic mass is 9.78. The number of aliphatic hydroxyl groups is 1. The van der Waals surface area contributed by atoms with E-state index in [0.29, 0.717) is 5.92 Å². The molecule has 0 bridgehead atoms. The third kappa shape index (κ3) is 10.9. The van der Waals surface area contributed by atoms with Crippen LogP contribution in [-0.4, -0.2) is 40.6 Å². The van der Waals surface area contributed by atoms with E-state index < -0.39 is 16.6 Å². The summed E-state index contributed by atoms with van der Waals surface area (Å²) in [6.07, 6.45) is 5.43. The Kier molecular flexibility index (Phi) is 11.3. The van der Waals surface area contributed by atoms with Crippen molar-refractivity contribution in [2.75, 3.05) is 13.2 Å². The van der Waals surface area contributed by atoms with Gasteiger partial charge in [-0.25, -0.2) is 0 Å². The predicted octanol–water partition coefficient (Wildman–Crippen LogP) is 8.39. The van der Waals surface area contributed by atoms with Gasteiger partial charge in [0.05, 0.1) is 5.60 Å². The third-order valence-electron chi connectivity index (χ3n) is 8.01. The standard InChI is InChI=1S/C26H58O3Si2/c1-22(16-15-17-25(8,9)29-31(13,14)24(5,6)7)20-26(10,21-27)18-19-28-30(11,12)23(2,3)4/h22,27H,15-21H2,1-14H3/t22-,26?/m0/s1. The van der Waals surface area contributed by atoms with Gasteiger partial charge in [-0.3, -0.25) is 0 Å². The minimum absolute atomic E-state index is 0.0606. The number of aliphatic hydroxyl groups excluding tert-OH is 1. The molecule has 0 aliphatic carbocycles. The lowest BCUT2D eigenvalue weighted by Gasteiger charge is -2.43. The van der Waals surface area contributed by atoms with Gasteiger partial charge in [-0.1, -0.05) is 68.2 Å². The average molecular weight is 475 g/mol. The summed E-state index contributed by atoms with van der Waals surface area (Å²) in [6, 6.07) is 0. The van der Waals surface area contributed by atoms with Crippen molar-refractivity contribution in [3.05, 3.63) is 0 Å². The number of rotatable bonds is 13. The molecule has 0 heterocycles. The summed E-state index contributed by atoms with van der Waals surface area (Å²) < 4.78 is 13.1. The van der Waals surface area contributed by atoms with Crippen LogP contribution in [0.25, 0.3) is 0 Å². The average Bonchev–Trinajstić information content (AvgIpc) is 2.51. The van der Waals surface area contributed by atoms with Gasteiger partial charge in [-0.05, 0) is 80.7 Å². The Bertz CT molecular complexity index is 530. The highest BCUT2D eigenvalue weighted by atomic mass is 28.4. The van der Waals surface area contributed by atoms with Gasteiger partial charge in [-0.15, -0.1) is 0 Å². The Hall–Kier alpha value is 0.314. The lowest BCUT2D eigenvalue weighted by molar-refractivity contribution is 0.0704. The fourth-order valence-corrected chi connectivity index (χ4v) is 6.56. The van der Waals surface area contributed by atoms with E-state index in [9.17, 15) is 5.11 Å². The minimum atomic E-state index is -1.75. The SMILES string of the molecule is C[C@@H](CCCC(C)(C)O[Si](C)(C)C(C)(C)C)CC(C)(CO)CCO[Si](C)(C)C(C)(C)C. The second-order valence-electron chi connectivity index (χ2n) is 14.2. The van der Waals surface area contributed by atoms with Crippen LogP contribution in [0.15, 0.2) is 0 Å². The highest BCUT2D eigenvalue weighted by molar-refractivity contribution is 6.74. The molecule has 0 aromatic rings. The quantitative estimate of drug-likeness (QED) is 0.272. The van der Waals surface area contributed by atoms with Gasteiger partial charge in [0.15, 0.2) is 16.6 Å². The van der Waals surface area contributed by atoms with Gasteiger partial charge < -0.3 is 14.0 Å². The zero-order valence-corrected chi connectivity index (χ0v) is 25.8. The van der Waals surface area contributed by atoms with Crippen molar-refractivity contribution < 1.29 is 14.0 Å². The molecular weight excluding hydrogens is 416 g/mol. The summed E-state index contributed by atoms with van der Waals surface area (Å²) in [5, 5.41) is 10.6. The van der Waals surface area contributed by atoms with Crippen molar-refractivity contribution in [3.63, 3.8) is 0 Å². The van der Waals surface area contributed by atoms with Gasteiger partial charge in [0.2, 0.25) is 0 Å². The van der Waals surface area contributed by atoms with Crippen molar-refractivity contribution >= 4 is 16.6 Å². The molecule has 1 unspecified atom stereocenters. The Balaban J connectivity index is 4.63. The van der Waals surface area contributed by atoms with Crippen LogP contribution >= 0.6 is 0 Å². The van der Waals surface area contributed by atoms with Crippen LogP contribution in [0.5, 0.6) is 0 Å². The predicted molar refractivity (Wildman–Crippen MR) is 143 cm³/mol. The molecule has 0 aliphatic rings. The maximum Gasteiger partial charge on any atom is 0.192 e. The van der Waals surface area contributed by atoms with Crippen LogP contribution < -0.4 is 0 Å². The second kappa shape index (κ2) is 11.2. The molecule has 0 fully saturated rings. The van der Waals surface area contributed by atoms with Gasteiger partial charge in [-0.2, -0.15) is 0 Å². The Morgan fingerprint density at radius 2 is 1.26 bits per heavy atom. The molecule has 0 radical (unpaired) electrons. The van der Waals surface area contributed by atoms with Crippen molar-refractivity contribution in [1.82, 2.24) is 0 Å². The largest absolute Gasteiger partial charge is 0.417 e. The molecular formula is C26H58O3Si2. The molecule has 1 N–H and O–H groups in total.